The molecule has 4 heterocycles. The highest BCUT2D eigenvalue weighted by Crippen LogP contribution is 2.38. The van der Waals surface area contributed by atoms with E-state index in [0.717, 1.165) is 5.56 Å². The Morgan fingerprint density at radius 2 is 1.59 bits per heavy atom. The molecule has 3 aromatic heterocycles. The molecule has 0 spiro atoms. The molecule has 4 aromatic rings. The first-order valence-electron chi connectivity index (χ1n) is 13.0. The monoisotopic (exact) mass is 660 g/mol. The van der Waals surface area contributed by atoms with Gasteiger partial charge < -0.3 is 14.5 Å². The summed E-state index contributed by atoms with van der Waals surface area (Å²) in [4.78, 5) is 20.4. The Morgan fingerprint density at radius 3 is 2.16 bits per heavy atom. The molecule has 0 N–H and O–H groups in total. The van der Waals surface area contributed by atoms with Crippen LogP contribution in [0.3, 0.4) is 0 Å². The van der Waals surface area contributed by atoms with Crippen LogP contribution in [0.2, 0.25) is 10.3 Å². The van der Waals surface area contributed by atoms with E-state index in [1.807, 2.05) is 4.90 Å². The van der Waals surface area contributed by atoms with E-state index in [-0.39, 0.29) is 53.6 Å². The molecular formula is C27H24Cl2F6N8O. The summed E-state index contributed by atoms with van der Waals surface area (Å²) in [6.07, 6.45) is -1.93. The molecule has 2 unspecified atom stereocenters. The third-order valence-corrected chi connectivity index (χ3v) is 7.54. The average molecular weight is 661 g/mol. The van der Waals surface area contributed by atoms with Gasteiger partial charge in [-0.1, -0.05) is 11.6 Å². The Bertz CT molecular complexity index is 1580. The Hall–Kier alpha value is -3.69. The number of nitrogens with zero attached hydrogens (tertiary/aromatic N) is 8. The number of aryl methyl sites for hydroxylation is 1. The van der Waals surface area contributed by atoms with E-state index < -0.39 is 29.5 Å². The van der Waals surface area contributed by atoms with Crippen molar-refractivity contribution >= 4 is 35.0 Å². The van der Waals surface area contributed by atoms with E-state index in [9.17, 15) is 26.3 Å². The van der Waals surface area contributed by atoms with Crippen LogP contribution < -0.4 is 9.80 Å². The van der Waals surface area contributed by atoms with Gasteiger partial charge >= 0.3 is 12.4 Å². The molecule has 1 saturated heterocycles. The highest BCUT2D eigenvalue weighted by Gasteiger charge is 2.40. The Labute approximate surface area is 257 Å². The van der Waals surface area contributed by atoms with Gasteiger partial charge in [0.15, 0.2) is 5.82 Å². The summed E-state index contributed by atoms with van der Waals surface area (Å²) >= 11 is 12.4. The van der Waals surface area contributed by atoms with Crippen molar-refractivity contribution in [2.24, 2.45) is 7.05 Å². The Balaban J connectivity index is 1.57. The lowest BCUT2D eigenvalue weighted by Gasteiger charge is -2.30. The molecule has 0 amide bonds. The third-order valence-electron chi connectivity index (χ3n) is 7.09. The van der Waals surface area contributed by atoms with Gasteiger partial charge in [-0.05, 0) is 41.8 Å². The number of hydrogen-bond donors (Lipinski definition) is 0. The molecule has 1 aliphatic rings. The standard InChI is InChI=1S/C27H24Cl2F6N8O/c1-41-12-17(9-39-41)16-7-37-25(38-8-16)43(11-15-3-18(26(30,31)32)5-19(4-15)27(33,34)35)20-6-21(14-44-2)42(13-20)23-22(28)10-36-24(29)40-23/h3-5,7-10,12,20-21H,6,11,13-14H2,1-2H3. The van der Waals surface area contributed by atoms with Gasteiger partial charge in [0, 0.05) is 57.0 Å². The molecule has 1 aliphatic heterocycles. The number of hydrogen-bond acceptors (Lipinski definition) is 8. The van der Waals surface area contributed by atoms with Gasteiger partial charge in [-0.15, -0.1) is 0 Å². The van der Waals surface area contributed by atoms with Crippen LogP contribution in [0, 0.1) is 0 Å². The van der Waals surface area contributed by atoms with E-state index in [4.69, 9.17) is 27.9 Å². The van der Waals surface area contributed by atoms with Crippen molar-refractivity contribution in [2.75, 3.05) is 30.1 Å². The van der Waals surface area contributed by atoms with Crippen molar-refractivity contribution in [3.05, 3.63) is 76.2 Å². The predicted molar refractivity (Wildman–Crippen MR) is 150 cm³/mol. The maximum atomic E-state index is 13.7. The summed E-state index contributed by atoms with van der Waals surface area (Å²) in [5, 5.41) is 4.27. The molecule has 1 fully saturated rings. The predicted octanol–water partition coefficient (Wildman–Crippen LogP) is 6.31. The first-order valence-corrected chi connectivity index (χ1v) is 13.8. The molecular weight excluding hydrogens is 637 g/mol. The molecule has 44 heavy (non-hydrogen) atoms. The first-order chi connectivity index (χ1) is 20.7. The topological polar surface area (TPSA) is 85.1 Å². The lowest BCUT2D eigenvalue weighted by Crippen LogP contribution is -2.39. The van der Waals surface area contributed by atoms with Crippen LogP contribution in [-0.4, -0.2) is 62.1 Å². The van der Waals surface area contributed by atoms with Gasteiger partial charge in [-0.2, -0.15) is 36.4 Å². The van der Waals surface area contributed by atoms with Gasteiger partial charge in [0.25, 0.3) is 0 Å². The average Bonchev–Trinajstić information content (AvgIpc) is 3.58. The van der Waals surface area contributed by atoms with Gasteiger partial charge in [0.1, 0.15) is 5.02 Å². The van der Waals surface area contributed by atoms with E-state index >= 15 is 0 Å². The van der Waals surface area contributed by atoms with Crippen molar-refractivity contribution in [2.45, 2.75) is 37.4 Å². The summed E-state index contributed by atoms with van der Waals surface area (Å²) in [6, 6.07) is 0.644. The van der Waals surface area contributed by atoms with E-state index in [1.54, 1.807) is 29.0 Å². The fourth-order valence-electron chi connectivity index (χ4n) is 5.13. The van der Waals surface area contributed by atoms with E-state index in [2.05, 4.69) is 25.0 Å². The molecule has 0 saturated carbocycles. The number of aromatic nitrogens is 6. The third kappa shape index (κ3) is 7.00. The number of anilines is 2. The van der Waals surface area contributed by atoms with Crippen LogP contribution in [0.15, 0.2) is 49.2 Å². The van der Waals surface area contributed by atoms with Crippen LogP contribution in [-0.2, 0) is 30.7 Å². The number of halogens is 8. The molecule has 1 aromatic carbocycles. The lowest BCUT2D eigenvalue weighted by atomic mass is 10.0. The van der Waals surface area contributed by atoms with Crippen LogP contribution in [0.5, 0.6) is 0 Å². The van der Waals surface area contributed by atoms with Gasteiger partial charge in [-0.25, -0.2) is 15.0 Å². The quantitative estimate of drug-likeness (QED) is 0.161. The number of ether oxygens (including phenoxy) is 1. The molecule has 0 aliphatic carbocycles. The van der Waals surface area contributed by atoms with E-state index in [1.165, 1.54) is 25.7 Å². The van der Waals surface area contributed by atoms with E-state index in [0.29, 0.717) is 29.9 Å². The van der Waals surface area contributed by atoms with Gasteiger partial charge in [0.05, 0.1) is 42.2 Å². The van der Waals surface area contributed by atoms with Crippen molar-refractivity contribution in [1.82, 2.24) is 29.7 Å². The van der Waals surface area contributed by atoms with Crippen molar-refractivity contribution in [1.29, 1.82) is 0 Å². The molecule has 2 atom stereocenters. The summed E-state index contributed by atoms with van der Waals surface area (Å²) in [6.45, 7) is 0.0421. The largest absolute Gasteiger partial charge is 0.416 e. The van der Waals surface area contributed by atoms with Crippen LogP contribution in [0.4, 0.5) is 38.1 Å². The first kappa shape index (κ1) is 31.7. The van der Waals surface area contributed by atoms with Crippen molar-refractivity contribution in [3.63, 3.8) is 0 Å². The fourth-order valence-corrected chi connectivity index (χ4v) is 5.45. The second-order valence-electron chi connectivity index (χ2n) is 10.2. The second-order valence-corrected chi connectivity index (χ2v) is 10.9. The minimum Gasteiger partial charge on any atom is -0.383 e. The fraction of sp³-hybridized carbons (Fsp3) is 0.370. The maximum absolute atomic E-state index is 13.7. The highest BCUT2D eigenvalue weighted by molar-refractivity contribution is 6.33. The Morgan fingerprint density at radius 1 is 0.932 bits per heavy atom. The van der Waals surface area contributed by atoms with Crippen molar-refractivity contribution in [3.8, 4) is 11.1 Å². The Kier molecular flexibility index (Phi) is 8.92. The smallest absolute Gasteiger partial charge is 0.383 e. The van der Waals surface area contributed by atoms with Gasteiger partial charge in [-0.3, -0.25) is 4.68 Å². The maximum Gasteiger partial charge on any atom is 0.416 e. The summed E-state index contributed by atoms with van der Waals surface area (Å²) in [5.41, 5.74) is -1.71. The summed E-state index contributed by atoms with van der Waals surface area (Å²) in [5.74, 6) is 0.404. The molecule has 9 nitrogen and oxygen atoms in total. The lowest BCUT2D eigenvalue weighted by molar-refractivity contribution is -0.143. The van der Waals surface area contributed by atoms with Crippen LogP contribution >= 0.6 is 23.2 Å². The van der Waals surface area contributed by atoms with Crippen molar-refractivity contribution < 1.29 is 31.1 Å². The minimum absolute atomic E-state index is 0.0566. The zero-order valence-electron chi connectivity index (χ0n) is 23.1. The number of rotatable bonds is 8. The number of benzene rings is 1. The normalized spacial score (nSPS) is 17.4. The van der Waals surface area contributed by atoms with Crippen LogP contribution in [0.1, 0.15) is 23.1 Å². The molecule has 17 heteroatoms. The molecule has 234 valence electrons. The zero-order chi connectivity index (χ0) is 31.8. The molecule has 0 bridgehead atoms. The summed E-state index contributed by atoms with van der Waals surface area (Å²) < 4.78 is 89.1. The number of alkyl halides is 6. The minimum atomic E-state index is -5.00. The number of methoxy groups -OCH3 is 1. The molecule has 0 radical (unpaired) electrons. The molecule has 5 rings (SSSR count). The van der Waals surface area contributed by atoms with Crippen LogP contribution in [0.25, 0.3) is 11.1 Å². The zero-order valence-corrected chi connectivity index (χ0v) is 24.6. The highest BCUT2D eigenvalue weighted by atomic mass is 35.5. The SMILES string of the molecule is COCC1CC(N(Cc2cc(C(F)(F)F)cc(C(F)(F)F)c2)c2ncc(-c3cnn(C)c3)cn2)CN1c1nc(Cl)ncc1Cl. The second kappa shape index (κ2) is 12.4. The summed E-state index contributed by atoms with van der Waals surface area (Å²) in [7, 11) is 3.24. The van der Waals surface area contributed by atoms with Gasteiger partial charge in [0.2, 0.25) is 11.2 Å².